The highest BCUT2D eigenvalue weighted by Crippen LogP contribution is 2.27. The summed E-state index contributed by atoms with van der Waals surface area (Å²) >= 11 is 0. The maximum absolute atomic E-state index is 9.99. The van der Waals surface area contributed by atoms with Crippen LogP contribution < -0.4 is 5.32 Å². The summed E-state index contributed by atoms with van der Waals surface area (Å²) in [5.74, 6) is -0.0218. The van der Waals surface area contributed by atoms with Crippen molar-refractivity contribution in [2.75, 3.05) is 13.1 Å². The first-order valence-electron chi connectivity index (χ1n) is 3.89. The molecule has 0 bridgehead atoms. The lowest BCUT2D eigenvalue weighted by Crippen LogP contribution is -2.16. The molecule has 0 atom stereocenters. The van der Waals surface area contributed by atoms with Crippen LogP contribution in [0.4, 0.5) is 0 Å². The third kappa shape index (κ3) is 4.56. The zero-order valence-electron chi connectivity index (χ0n) is 6.42. The van der Waals surface area contributed by atoms with Crippen LogP contribution in [0.3, 0.4) is 0 Å². The van der Waals surface area contributed by atoms with E-state index >= 15 is 0 Å². The van der Waals surface area contributed by atoms with E-state index in [9.17, 15) is 4.79 Å². The van der Waals surface area contributed by atoms with E-state index < -0.39 is 5.97 Å². The number of hydrogen-bond acceptors (Lipinski definition) is 2. The van der Waals surface area contributed by atoms with Gasteiger partial charge in [-0.15, -0.1) is 0 Å². The lowest BCUT2D eigenvalue weighted by Gasteiger charge is -1.96. The van der Waals surface area contributed by atoms with Crippen LogP contribution in [0.5, 0.6) is 0 Å². The van der Waals surface area contributed by atoms with Gasteiger partial charge in [-0.3, -0.25) is 0 Å². The van der Waals surface area contributed by atoms with Crippen molar-refractivity contribution in [3.05, 3.63) is 12.2 Å². The van der Waals surface area contributed by atoms with E-state index in [0.29, 0.717) is 6.54 Å². The molecule has 11 heavy (non-hydrogen) atoms. The predicted octanol–water partition coefficient (Wildman–Crippen LogP) is 0.627. The third-order valence-electron chi connectivity index (χ3n) is 1.65. The Kier molecular flexibility index (Phi) is 3.11. The molecule has 1 saturated carbocycles. The summed E-state index contributed by atoms with van der Waals surface area (Å²) < 4.78 is 0. The molecule has 1 fully saturated rings. The van der Waals surface area contributed by atoms with Crippen LogP contribution in [0.1, 0.15) is 12.8 Å². The SMILES string of the molecule is O=C(O)C=CCNCC1CC1. The van der Waals surface area contributed by atoms with Crippen molar-refractivity contribution in [1.29, 1.82) is 0 Å². The summed E-state index contributed by atoms with van der Waals surface area (Å²) in [5.41, 5.74) is 0. The highest BCUT2D eigenvalue weighted by atomic mass is 16.4. The second kappa shape index (κ2) is 4.13. The van der Waals surface area contributed by atoms with E-state index in [4.69, 9.17) is 5.11 Å². The number of carbonyl (C=O) groups is 1. The lowest BCUT2D eigenvalue weighted by molar-refractivity contribution is -0.131. The molecule has 0 aromatic heterocycles. The molecule has 0 heterocycles. The van der Waals surface area contributed by atoms with Gasteiger partial charge in [-0.05, 0) is 25.3 Å². The number of rotatable bonds is 5. The summed E-state index contributed by atoms with van der Waals surface area (Å²) in [5, 5.41) is 11.4. The Labute approximate surface area is 66.1 Å². The van der Waals surface area contributed by atoms with Gasteiger partial charge in [-0.25, -0.2) is 4.79 Å². The van der Waals surface area contributed by atoms with Gasteiger partial charge in [0.1, 0.15) is 0 Å². The predicted molar refractivity (Wildman–Crippen MR) is 42.4 cm³/mol. The molecular weight excluding hydrogens is 142 g/mol. The molecule has 62 valence electrons. The van der Waals surface area contributed by atoms with Crippen LogP contribution >= 0.6 is 0 Å². The largest absolute Gasteiger partial charge is 0.478 e. The number of carboxylic acid groups (broad SMARTS) is 1. The topological polar surface area (TPSA) is 49.3 Å². The molecule has 1 aliphatic carbocycles. The van der Waals surface area contributed by atoms with Crippen molar-refractivity contribution in [3.63, 3.8) is 0 Å². The number of nitrogens with one attached hydrogen (secondary N) is 1. The normalized spacial score (nSPS) is 17.5. The Bertz CT molecular complexity index is 161. The van der Waals surface area contributed by atoms with Crippen LogP contribution in [-0.2, 0) is 4.79 Å². The maximum Gasteiger partial charge on any atom is 0.328 e. The second-order valence-corrected chi connectivity index (χ2v) is 2.84. The van der Waals surface area contributed by atoms with Crippen molar-refractivity contribution in [3.8, 4) is 0 Å². The fourth-order valence-electron chi connectivity index (χ4n) is 0.853. The maximum atomic E-state index is 9.99. The summed E-state index contributed by atoms with van der Waals surface area (Å²) in [4.78, 5) is 9.99. The summed E-state index contributed by atoms with van der Waals surface area (Å²) in [6, 6.07) is 0. The van der Waals surface area contributed by atoms with Crippen molar-refractivity contribution in [1.82, 2.24) is 5.32 Å². The van der Waals surface area contributed by atoms with E-state index in [1.54, 1.807) is 6.08 Å². The highest BCUT2D eigenvalue weighted by molar-refractivity contribution is 5.79. The Hall–Kier alpha value is -0.830. The van der Waals surface area contributed by atoms with Crippen molar-refractivity contribution >= 4 is 5.97 Å². The van der Waals surface area contributed by atoms with Gasteiger partial charge in [0.05, 0.1) is 0 Å². The first-order valence-corrected chi connectivity index (χ1v) is 3.89. The van der Waals surface area contributed by atoms with Gasteiger partial charge in [-0.1, -0.05) is 6.08 Å². The Morgan fingerprint density at radius 1 is 1.64 bits per heavy atom. The van der Waals surface area contributed by atoms with Gasteiger partial charge in [0.25, 0.3) is 0 Å². The number of hydrogen-bond donors (Lipinski definition) is 2. The van der Waals surface area contributed by atoms with Gasteiger partial charge in [0, 0.05) is 12.6 Å². The standard InChI is InChI=1S/C8H13NO2/c10-8(11)2-1-5-9-6-7-3-4-7/h1-2,7,9H,3-6H2,(H,10,11). The molecule has 1 aliphatic rings. The monoisotopic (exact) mass is 155 g/mol. The van der Waals surface area contributed by atoms with E-state index in [2.05, 4.69) is 5.32 Å². The molecule has 0 spiro atoms. The molecule has 3 nitrogen and oxygen atoms in total. The minimum Gasteiger partial charge on any atom is -0.478 e. The van der Waals surface area contributed by atoms with E-state index in [1.165, 1.54) is 18.9 Å². The van der Waals surface area contributed by atoms with Crippen molar-refractivity contribution in [2.24, 2.45) is 5.92 Å². The minimum atomic E-state index is -0.877. The van der Waals surface area contributed by atoms with Gasteiger partial charge >= 0.3 is 5.97 Å². The summed E-state index contributed by atoms with van der Waals surface area (Å²) in [7, 11) is 0. The minimum absolute atomic E-state index is 0.669. The smallest absolute Gasteiger partial charge is 0.328 e. The molecule has 2 N–H and O–H groups in total. The lowest BCUT2D eigenvalue weighted by atomic mass is 10.4. The van der Waals surface area contributed by atoms with E-state index in [-0.39, 0.29) is 0 Å². The third-order valence-corrected chi connectivity index (χ3v) is 1.65. The molecule has 0 aliphatic heterocycles. The van der Waals surface area contributed by atoms with Gasteiger partial charge < -0.3 is 10.4 Å². The average molecular weight is 155 g/mol. The molecule has 0 amide bonds. The van der Waals surface area contributed by atoms with Crippen LogP contribution in [0.15, 0.2) is 12.2 Å². The average Bonchev–Trinajstić information content (AvgIpc) is 2.70. The highest BCUT2D eigenvalue weighted by Gasteiger charge is 2.19. The van der Waals surface area contributed by atoms with E-state index in [0.717, 1.165) is 12.5 Å². The van der Waals surface area contributed by atoms with Gasteiger partial charge in [-0.2, -0.15) is 0 Å². The molecule has 0 saturated heterocycles. The molecular formula is C8H13NO2. The first kappa shape index (κ1) is 8.27. The van der Waals surface area contributed by atoms with Crippen molar-refractivity contribution < 1.29 is 9.90 Å². The second-order valence-electron chi connectivity index (χ2n) is 2.84. The van der Waals surface area contributed by atoms with Gasteiger partial charge in [0.2, 0.25) is 0 Å². The fourth-order valence-corrected chi connectivity index (χ4v) is 0.853. The van der Waals surface area contributed by atoms with Crippen molar-refractivity contribution in [2.45, 2.75) is 12.8 Å². The quantitative estimate of drug-likeness (QED) is 0.452. The molecule has 0 unspecified atom stereocenters. The fraction of sp³-hybridized carbons (Fsp3) is 0.625. The molecule has 0 radical (unpaired) electrons. The van der Waals surface area contributed by atoms with Crippen LogP contribution in [0.25, 0.3) is 0 Å². The molecule has 1 rings (SSSR count). The number of carboxylic acids is 1. The van der Waals surface area contributed by atoms with Gasteiger partial charge in [0.15, 0.2) is 0 Å². The zero-order valence-corrected chi connectivity index (χ0v) is 6.42. The summed E-state index contributed by atoms with van der Waals surface area (Å²) in [6.45, 7) is 1.70. The molecule has 3 heteroatoms. The molecule has 0 aromatic carbocycles. The van der Waals surface area contributed by atoms with Crippen LogP contribution in [0, 0.1) is 5.92 Å². The Morgan fingerprint density at radius 3 is 2.91 bits per heavy atom. The number of aliphatic carboxylic acids is 1. The van der Waals surface area contributed by atoms with Crippen LogP contribution in [0.2, 0.25) is 0 Å². The molecule has 0 aromatic rings. The first-order chi connectivity index (χ1) is 5.29. The van der Waals surface area contributed by atoms with E-state index in [1.807, 2.05) is 0 Å². The Morgan fingerprint density at radius 2 is 2.36 bits per heavy atom. The zero-order chi connectivity index (χ0) is 8.10. The summed E-state index contributed by atoms with van der Waals surface area (Å²) in [6.07, 6.45) is 5.45. The Balaban J connectivity index is 1.90. The van der Waals surface area contributed by atoms with Crippen LogP contribution in [-0.4, -0.2) is 24.2 Å².